The highest BCUT2D eigenvalue weighted by Gasteiger charge is 2.16. The van der Waals surface area contributed by atoms with Crippen molar-refractivity contribution in [2.75, 3.05) is 6.61 Å². The summed E-state index contributed by atoms with van der Waals surface area (Å²) in [6.45, 7) is 2.31. The zero-order valence-electron chi connectivity index (χ0n) is 13.4. The van der Waals surface area contributed by atoms with Crippen LogP contribution in [0.2, 0.25) is 0 Å². The van der Waals surface area contributed by atoms with E-state index in [1.807, 2.05) is 0 Å². The lowest BCUT2D eigenvalue weighted by Gasteiger charge is -2.08. The number of hydrogen-bond acceptors (Lipinski definition) is 6. The van der Waals surface area contributed by atoms with E-state index in [0.29, 0.717) is 24.2 Å². The maximum atomic E-state index is 11.3. The minimum absolute atomic E-state index is 0.0557. The van der Waals surface area contributed by atoms with Gasteiger partial charge in [-0.3, -0.25) is 9.36 Å². The number of nitrogens with zero attached hydrogens (tertiary/aromatic N) is 1. The van der Waals surface area contributed by atoms with Crippen LogP contribution in [-0.4, -0.2) is 37.6 Å². The molecule has 0 amide bonds. The van der Waals surface area contributed by atoms with Crippen LogP contribution in [0.5, 0.6) is 23.3 Å². The van der Waals surface area contributed by atoms with Gasteiger partial charge in [0.25, 0.3) is 0 Å². The summed E-state index contributed by atoms with van der Waals surface area (Å²) in [5, 5.41) is 39.3. The first-order valence-electron chi connectivity index (χ1n) is 7.69. The fourth-order valence-electron chi connectivity index (χ4n) is 2.45. The lowest BCUT2D eigenvalue weighted by Crippen LogP contribution is -2.06. The van der Waals surface area contributed by atoms with E-state index < -0.39 is 0 Å². The van der Waals surface area contributed by atoms with Crippen LogP contribution in [0.4, 0.5) is 0 Å². The lowest BCUT2D eigenvalue weighted by molar-refractivity contribution is -0.143. The van der Waals surface area contributed by atoms with Gasteiger partial charge in [-0.1, -0.05) is 6.07 Å². The number of aromatic hydroxyl groups is 4. The van der Waals surface area contributed by atoms with Crippen LogP contribution in [0.15, 0.2) is 24.3 Å². The Hall–Kier alpha value is -2.83. The number of ether oxygens (including phenoxy) is 1. The van der Waals surface area contributed by atoms with Gasteiger partial charge in [-0.05, 0) is 25.0 Å². The first-order chi connectivity index (χ1) is 11.4. The first-order valence-corrected chi connectivity index (χ1v) is 7.69. The quantitative estimate of drug-likeness (QED) is 0.577. The SMILES string of the molecule is CCOC(=O)CCCn1c(O)cc(Cc2ccc(O)cc2O)c1O. The fraction of sp³-hybridized carbons (Fsp3) is 0.353. The zero-order valence-corrected chi connectivity index (χ0v) is 13.4. The number of carbonyl (C=O) groups excluding carboxylic acids is 1. The minimum Gasteiger partial charge on any atom is -0.508 e. The van der Waals surface area contributed by atoms with Gasteiger partial charge < -0.3 is 25.2 Å². The summed E-state index contributed by atoms with van der Waals surface area (Å²) in [7, 11) is 0. The summed E-state index contributed by atoms with van der Waals surface area (Å²) >= 11 is 0. The second kappa shape index (κ2) is 7.63. The maximum absolute atomic E-state index is 11.3. The molecule has 2 aromatic rings. The highest BCUT2D eigenvalue weighted by molar-refractivity contribution is 5.69. The summed E-state index contributed by atoms with van der Waals surface area (Å²) < 4.78 is 6.12. The van der Waals surface area contributed by atoms with Gasteiger partial charge in [0.05, 0.1) is 6.61 Å². The number of esters is 1. The van der Waals surface area contributed by atoms with E-state index in [2.05, 4.69) is 0 Å². The lowest BCUT2D eigenvalue weighted by atomic mass is 10.1. The molecule has 0 bridgehead atoms. The first kappa shape index (κ1) is 17.5. The molecular weight excluding hydrogens is 314 g/mol. The number of rotatable bonds is 7. The van der Waals surface area contributed by atoms with Crippen LogP contribution >= 0.6 is 0 Å². The average molecular weight is 335 g/mol. The van der Waals surface area contributed by atoms with Gasteiger partial charge in [-0.2, -0.15) is 0 Å². The molecule has 0 unspecified atom stereocenters. The van der Waals surface area contributed by atoms with Gasteiger partial charge in [0.15, 0.2) is 11.8 Å². The van der Waals surface area contributed by atoms with Crippen LogP contribution in [0, 0.1) is 0 Å². The number of carbonyl (C=O) groups is 1. The average Bonchev–Trinajstić information content (AvgIpc) is 2.78. The van der Waals surface area contributed by atoms with E-state index in [1.165, 1.54) is 22.8 Å². The second-order valence-corrected chi connectivity index (χ2v) is 5.40. The molecule has 2 rings (SSSR count). The van der Waals surface area contributed by atoms with Crippen LogP contribution in [-0.2, 0) is 22.5 Å². The van der Waals surface area contributed by atoms with Crippen LogP contribution in [0.25, 0.3) is 0 Å². The molecule has 130 valence electrons. The number of aromatic nitrogens is 1. The van der Waals surface area contributed by atoms with Gasteiger partial charge in [0, 0.05) is 37.1 Å². The van der Waals surface area contributed by atoms with E-state index in [0.717, 1.165) is 0 Å². The van der Waals surface area contributed by atoms with E-state index in [4.69, 9.17) is 4.74 Å². The molecule has 1 aromatic carbocycles. The Balaban J connectivity index is 2.06. The number of benzene rings is 1. The van der Waals surface area contributed by atoms with E-state index in [1.54, 1.807) is 13.0 Å². The zero-order chi connectivity index (χ0) is 17.7. The molecule has 0 aliphatic carbocycles. The second-order valence-electron chi connectivity index (χ2n) is 5.40. The standard InChI is InChI=1S/C17H21NO6/c1-2-24-16(22)4-3-7-18-15(21)9-12(17(18)23)8-11-5-6-13(19)10-14(11)20/h5-6,9-10,19-21,23H,2-4,7-8H2,1H3. The summed E-state index contributed by atoms with van der Waals surface area (Å²) in [6, 6.07) is 5.59. The van der Waals surface area contributed by atoms with Crippen LogP contribution in [0.1, 0.15) is 30.9 Å². The summed E-state index contributed by atoms with van der Waals surface area (Å²) in [4.78, 5) is 11.3. The molecule has 0 spiro atoms. The molecule has 1 heterocycles. The third kappa shape index (κ3) is 4.13. The van der Waals surface area contributed by atoms with Crippen molar-refractivity contribution < 1.29 is 30.0 Å². The highest BCUT2D eigenvalue weighted by Crippen LogP contribution is 2.32. The predicted octanol–water partition coefficient (Wildman–Crippen LogP) is 2.24. The van der Waals surface area contributed by atoms with Crippen molar-refractivity contribution in [2.24, 2.45) is 0 Å². The van der Waals surface area contributed by atoms with Crippen molar-refractivity contribution in [3.8, 4) is 23.3 Å². The molecule has 7 nitrogen and oxygen atoms in total. The molecule has 0 saturated heterocycles. The molecular formula is C17H21NO6. The number of phenols is 2. The highest BCUT2D eigenvalue weighted by atomic mass is 16.5. The van der Waals surface area contributed by atoms with Crippen molar-refractivity contribution in [1.29, 1.82) is 0 Å². The maximum Gasteiger partial charge on any atom is 0.305 e. The molecule has 0 fully saturated rings. The van der Waals surface area contributed by atoms with Gasteiger partial charge in [-0.25, -0.2) is 0 Å². The van der Waals surface area contributed by atoms with Crippen molar-refractivity contribution >= 4 is 5.97 Å². The van der Waals surface area contributed by atoms with Crippen molar-refractivity contribution in [3.63, 3.8) is 0 Å². The van der Waals surface area contributed by atoms with Crippen LogP contribution < -0.4 is 0 Å². The van der Waals surface area contributed by atoms with E-state index in [-0.39, 0.29) is 48.6 Å². The predicted molar refractivity (Wildman–Crippen MR) is 86.2 cm³/mol. The van der Waals surface area contributed by atoms with Gasteiger partial charge in [0.2, 0.25) is 0 Å². The Morgan fingerprint density at radius 2 is 1.88 bits per heavy atom. The van der Waals surface area contributed by atoms with E-state index >= 15 is 0 Å². The molecule has 1 aromatic heterocycles. The minimum atomic E-state index is -0.321. The smallest absolute Gasteiger partial charge is 0.305 e. The Morgan fingerprint density at radius 3 is 2.54 bits per heavy atom. The molecule has 0 atom stereocenters. The third-order valence-electron chi connectivity index (χ3n) is 3.64. The molecule has 24 heavy (non-hydrogen) atoms. The summed E-state index contributed by atoms with van der Waals surface area (Å²) in [6.07, 6.45) is 0.800. The normalized spacial score (nSPS) is 10.7. The van der Waals surface area contributed by atoms with Crippen LogP contribution in [0.3, 0.4) is 0 Å². The fourth-order valence-corrected chi connectivity index (χ4v) is 2.45. The topological polar surface area (TPSA) is 112 Å². The van der Waals surface area contributed by atoms with Crippen molar-refractivity contribution in [1.82, 2.24) is 4.57 Å². The monoisotopic (exact) mass is 335 g/mol. The third-order valence-corrected chi connectivity index (χ3v) is 3.64. The van der Waals surface area contributed by atoms with Gasteiger partial charge in [-0.15, -0.1) is 0 Å². The number of hydrogen-bond donors (Lipinski definition) is 4. The van der Waals surface area contributed by atoms with Gasteiger partial charge >= 0.3 is 5.97 Å². The van der Waals surface area contributed by atoms with Crippen molar-refractivity contribution in [3.05, 3.63) is 35.4 Å². The largest absolute Gasteiger partial charge is 0.508 e. The Labute approximate surface area is 139 Å². The Morgan fingerprint density at radius 1 is 1.12 bits per heavy atom. The molecule has 0 aliphatic heterocycles. The molecule has 0 radical (unpaired) electrons. The molecule has 4 N–H and O–H groups in total. The van der Waals surface area contributed by atoms with Crippen molar-refractivity contribution in [2.45, 2.75) is 32.7 Å². The Bertz CT molecular complexity index is 722. The molecule has 7 heteroatoms. The van der Waals surface area contributed by atoms with E-state index in [9.17, 15) is 25.2 Å². The van der Waals surface area contributed by atoms with Gasteiger partial charge in [0.1, 0.15) is 11.5 Å². The molecule has 0 aliphatic rings. The molecule has 0 saturated carbocycles. The summed E-state index contributed by atoms with van der Waals surface area (Å²) in [5.74, 6) is -0.713. The Kier molecular flexibility index (Phi) is 5.57. The summed E-state index contributed by atoms with van der Waals surface area (Å²) in [5.41, 5.74) is 0.941. The number of phenolic OH excluding ortho intramolecular Hbond substituents is 2.